The van der Waals surface area contributed by atoms with Gasteiger partial charge < -0.3 is 14.0 Å². The summed E-state index contributed by atoms with van der Waals surface area (Å²) in [5, 5.41) is 0. The van der Waals surface area contributed by atoms with Gasteiger partial charge in [-0.1, -0.05) is 19.2 Å². The lowest BCUT2D eigenvalue weighted by molar-refractivity contribution is 0.00578. The minimum Gasteiger partial charge on any atom is -0.497 e. The summed E-state index contributed by atoms with van der Waals surface area (Å²) >= 11 is 0. The third-order valence-corrected chi connectivity index (χ3v) is 3.58. The molecule has 3 nitrogen and oxygen atoms in total. The summed E-state index contributed by atoms with van der Waals surface area (Å²) in [6.07, 6.45) is 1.70. The van der Waals surface area contributed by atoms with Crippen LogP contribution >= 0.6 is 0 Å². The fraction of sp³-hybridized carbons (Fsp3) is 0.571. The van der Waals surface area contributed by atoms with E-state index < -0.39 is 7.12 Å². The third-order valence-electron chi connectivity index (χ3n) is 3.58. The summed E-state index contributed by atoms with van der Waals surface area (Å²) in [4.78, 5) is 0. The Morgan fingerprint density at radius 2 is 1.61 bits per heavy atom. The molecule has 0 saturated carbocycles. The maximum absolute atomic E-state index is 5.98. The quantitative estimate of drug-likeness (QED) is 0.435. The van der Waals surface area contributed by atoms with Crippen LogP contribution in [0.15, 0.2) is 36.0 Å². The predicted molar refractivity (Wildman–Crippen MR) is 75.1 cm³/mol. The molecule has 0 N–H and O–H groups in total. The van der Waals surface area contributed by atoms with Crippen molar-refractivity contribution in [1.82, 2.24) is 0 Å². The summed E-state index contributed by atoms with van der Waals surface area (Å²) in [7, 11) is 1.14. The Kier molecular flexibility index (Phi) is 4.14. The van der Waals surface area contributed by atoms with Crippen LogP contribution in [0.2, 0.25) is 0 Å². The number of hydrogen-bond donors (Lipinski definition) is 0. The molecular weight excluding hydrogens is 227 g/mol. The molecule has 0 aliphatic carbocycles. The van der Waals surface area contributed by atoms with Gasteiger partial charge in [-0.15, -0.1) is 0 Å². The van der Waals surface area contributed by atoms with Gasteiger partial charge >= 0.3 is 7.12 Å². The van der Waals surface area contributed by atoms with Crippen molar-refractivity contribution in [2.45, 2.75) is 45.8 Å². The molecule has 0 unspecified atom stereocenters. The molecule has 1 fully saturated rings. The Morgan fingerprint density at radius 1 is 1.17 bits per heavy atom. The van der Waals surface area contributed by atoms with Gasteiger partial charge in [-0.3, -0.25) is 0 Å². The van der Waals surface area contributed by atoms with Crippen molar-refractivity contribution in [3.05, 3.63) is 36.0 Å². The summed E-state index contributed by atoms with van der Waals surface area (Å²) in [5.41, 5.74) is 0.852. The zero-order valence-corrected chi connectivity index (χ0v) is 12.3. The molecule has 0 aromatic heterocycles. The van der Waals surface area contributed by atoms with Crippen LogP contribution in [-0.4, -0.2) is 25.4 Å². The summed E-state index contributed by atoms with van der Waals surface area (Å²) in [5.74, 6) is 0.670. The van der Waals surface area contributed by atoms with Gasteiger partial charge in [-0.25, -0.2) is 0 Å². The highest BCUT2D eigenvalue weighted by Crippen LogP contribution is 2.39. The lowest BCUT2D eigenvalue weighted by Gasteiger charge is -2.32. The fourth-order valence-corrected chi connectivity index (χ4v) is 1.80. The first-order valence-corrected chi connectivity index (χ1v) is 6.08. The summed E-state index contributed by atoms with van der Waals surface area (Å²) in [6.45, 7) is 17.7. The maximum Gasteiger partial charge on any atom is 0.498 e. The van der Waals surface area contributed by atoms with Crippen LogP contribution in [0.4, 0.5) is 0 Å². The molecule has 1 heterocycles. The van der Waals surface area contributed by atoms with E-state index in [0.29, 0.717) is 5.76 Å². The van der Waals surface area contributed by atoms with Crippen molar-refractivity contribution in [1.29, 1.82) is 0 Å². The van der Waals surface area contributed by atoms with Crippen molar-refractivity contribution in [2.24, 2.45) is 0 Å². The van der Waals surface area contributed by atoms with E-state index in [1.165, 1.54) is 0 Å². The molecule has 1 saturated heterocycles. The first-order valence-electron chi connectivity index (χ1n) is 6.08. The van der Waals surface area contributed by atoms with Gasteiger partial charge in [0.05, 0.1) is 18.3 Å². The zero-order chi connectivity index (χ0) is 14.1. The second-order valence-corrected chi connectivity index (χ2v) is 5.56. The molecular formula is C14H23BO3. The molecule has 0 radical (unpaired) electrons. The Bertz CT molecular complexity index is 378. The second-order valence-electron chi connectivity index (χ2n) is 5.56. The van der Waals surface area contributed by atoms with Crippen LogP contribution in [0, 0.1) is 0 Å². The molecule has 1 aliphatic heterocycles. The molecule has 0 aromatic carbocycles. The van der Waals surface area contributed by atoms with Gasteiger partial charge in [-0.05, 0) is 40.2 Å². The molecule has 4 heteroatoms. The van der Waals surface area contributed by atoms with Crippen molar-refractivity contribution in [2.75, 3.05) is 7.11 Å². The SMILES string of the molecule is C=C/C(B1OC(C)(C)C(C)(C)O1)=C(/OC)C(=C)C. The predicted octanol–water partition coefficient (Wildman–Crippen LogP) is 3.28. The van der Waals surface area contributed by atoms with Crippen LogP contribution in [0.25, 0.3) is 0 Å². The topological polar surface area (TPSA) is 27.7 Å². The van der Waals surface area contributed by atoms with Crippen molar-refractivity contribution in [3.8, 4) is 0 Å². The highest BCUT2D eigenvalue weighted by molar-refractivity contribution is 6.55. The molecule has 1 aliphatic rings. The smallest absolute Gasteiger partial charge is 0.497 e. The molecule has 0 amide bonds. The maximum atomic E-state index is 5.98. The van der Waals surface area contributed by atoms with Crippen molar-refractivity contribution in [3.63, 3.8) is 0 Å². The van der Waals surface area contributed by atoms with Crippen LogP contribution in [-0.2, 0) is 14.0 Å². The number of methoxy groups -OCH3 is 1. The van der Waals surface area contributed by atoms with E-state index >= 15 is 0 Å². The normalized spacial score (nSPS) is 22.4. The minimum atomic E-state index is -0.473. The fourth-order valence-electron chi connectivity index (χ4n) is 1.80. The average Bonchev–Trinajstić information content (AvgIpc) is 2.43. The Hall–Kier alpha value is -0.995. The summed E-state index contributed by atoms with van der Waals surface area (Å²) in [6, 6.07) is 0. The molecule has 100 valence electrons. The second kappa shape index (κ2) is 4.94. The van der Waals surface area contributed by atoms with E-state index in [2.05, 4.69) is 13.2 Å². The molecule has 18 heavy (non-hydrogen) atoms. The van der Waals surface area contributed by atoms with Crippen LogP contribution < -0.4 is 0 Å². The monoisotopic (exact) mass is 250 g/mol. The van der Waals surface area contributed by atoms with Gasteiger partial charge in [0.1, 0.15) is 5.76 Å². The zero-order valence-electron chi connectivity index (χ0n) is 12.3. The molecule has 1 rings (SSSR count). The van der Waals surface area contributed by atoms with Crippen LogP contribution in [0.3, 0.4) is 0 Å². The van der Waals surface area contributed by atoms with Crippen molar-refractivity contribution >= 4 is 7.12 Å². The van der Waals surface area contributed by atoms with E-state index in [1.54, 1.807) is 13.2 Å². The van der Waals surface area contributed by atoms with Crippen LogP contribution in [0.5, 0.6) is 0 Å². The summed E-state index contributed by atoms with van der Waals surface area (Å²) < 4.78 is 17.3. The highest BCUT2D eigenvalue weighted by atomic mass is 16.7. The van der Waals surface area contributed by atoms with Crippen molar-refractivity contribution < 1.29 is 14.0 Å². The van der Waals surface area contributed by atoms with Gasteiger partial charge in [0.2, 0.25) is 0 Å². The molecule has 0 spiro atoms. The first kappa shape index (κ1) is 15.1. The van der Waals surface area contributed by atoms with Gasteiger partial charge in [0.15, 0.2) is 0 Å². The average molecular weight is 250 g/mol. The van der Waals surface area contributed by atoms with Gasteiger partial charge in [0, 0.05) is 5.47 Å². The van der Waals surface area contributed by atoms with Gasteiger partial charge in [0.25, 0.3) is 0 Å². The molecule has 0 atom stereocenters. The standard InChI is InChI=1S/C14H23BO3/c1-9-11(12(16-8)10(2)3)15-17-13(4,5)14(6,7)18-15/h9H,1-2H2,3-8H3/b12-11-. The van der Waals surface area contributed by atoms with E-state index in [1.807, 2.05) is 34.6 Å². The van der Waals surface area contributed by atoms with E-state index in [9.17, 15) is 0 Å². The third kappa shape index (κ3) is 2.55. The number of rotatable bonds is 4. The van der Waals surface area contributed by atoms with E-state index in [0.717, 1.165) is 11.0 Å². The highest BCUT2D eigenvalue weighted by Gasteiger charge is 2.52. The number of ether oxygens (including phenoxy) is 1. The van der Waals surface area contributed by atoms with E-state index in [4.69, 9.17) is 14.0 Å². The Morgan fingerprint density at radius 3 is 1.89 bits per heavy atom. The molecule has 0 bridgehead atoms. The lowest BCUT2D eigenvalue weighted by atomic mass is 9.76. The Balaban J connectivity index is 3.15. The first-order chi connectivity index (χ1) is 8.16. The Labute approximate surface area is 111 Å². The van der Waals surface area contributed by atoms with Gasteiger partial charge in [-0.2, -0.15) is 0 Å². The minimum absolute atomic E-state index is 0.375. The number of allylic oxidation sites excluding steroid dienone is 3. The van der Waals surface area contributed by atoms with E-state index in [-0.39, 0.29) is 11.2 Å². The lowest BCUT2D eigenvalue weighted by Crippen LogP contribution is -2.41. The number of hydrogen-bond acceptors (Lipinski definition) is 3. The largest absolute Gasteiger partial charge is 0.498 e. The van der Waals surface area contributed by atoms with Crippen LogP contribution in [0.1, 0.15) is 34.6 Å². The molecule has 0 aromatic rings.